The van der Waals surface area contributed by atoms with E-state index in [4.69, 9.17) is 14.2 Å². The number of nitrogens with one attached hydrogen (secondary N) is 2. The normalized spacial score (nSPS) is 15.5. The summed E-state index contributed by atoms with van der Waals surface area (Å²) in [5.41, 5.74) is 1.65. The van der Waals surface area contributed by atoms with Crippen molar-refractivity contribution in [3.05, 3.63) is 95.6 Å². The first-order valence-electron chi connectivity index (χ1n) is 14.5. The van der Waals surface area contributed by atoms with Crippen molar-refractivity contribution >= 4 is 17.9 Å². The zero-order chi connectivity index (χ0) is 31.0. The van der Waals surface area contributed by atoms with E-state index in [2.05, 4.69) is 10.6 Å². The summed E-state index contributed by atoms with van der Waals surface area (Å²) in [7, 11) is 3.12. The fourth-order valence-electron chi connectivity index (χ4n) is 5.50. The Labute approximate surface area is 253 Å². The van der Waals surface area contributed by atoms with E-state index < -0.39 is 29.7 Å². The van der Waals surface area contributed by atoms with Gasteiger partial charge in [0.25, 0.3) is 0 Å². The van der Waals surface area contributed by atoms with Crippen molar-refractivity contribution in [3.8, 4) is 11.5 Å². The standard InChI is InChI=1S/C34H41N3O6/c1-34(2,3)43-33(40)36-30(29(23-14-8-6-9-15-23)24-16-10-7-11-17-24)32(39)37-21-13-18-26(37)31(38)35-22-25-27(41-4)19-12-20-28(25)42-5/h6-12,14-17,19-20,26,29-30H,13,18,21-22H2,1-5H3,(H,35,38)(H,36,40)/t26-,30+/m0/s1. The minimum absolute atomic E-state index is 0.167. The van der Waals surface area contributed by atoms with Gasteiger partial charge < -0.3 is 29.7 Å². The number of methoxy groups -OCH3 is 2. The maximum atomic E-state index is 14.5. The molecule has 0 aliphatic carbocycles. The highest BCUT2D eigenvalue weighted by molar-refractivity contribution is 5.93. The topological polar surface area (TPSA) is 106 Å². The fourth-order valence-corrected chi connectivity index (χ4v) is 5.50. The number of benzene rings is 3. The van der Waals surface area contributed by atoms with Crippen molar-refractivity contribution in [3.63, 3.8) is 0 Å². The average molecular weight is 588 g/mol. The minimum Gasteiger partial charge on any atom is -0.496 e. The first-order valence-corrected chi connectivity index (χ1v) is 14.5. The number of nitrogens with zero attached hydrogens (tertiary/aromatic N) is 1. The Hall–Kier alpha value is -4.53. The zero-order valence-electron chi connectivity index (χ0n) is 25.5. The van der Waals surface area contributed by atoms with E-state index in [-0.39, 0.29) is 18.4 Å². The molecule has 0 unspecified atom stereocenters. The van der Waals surface area contributed by atoms with Crippen molar-refractivity contribution in [1.82, 2.24) is 15.5 Å². The lowest BCUT2D eigenvalue weighted by Gasteiger charge is -2.34. The van der Waals surface area contributed by atoms with Crippen LogP contribution in [0, 0.1) is 0 Å². The number of ether oxygens (including phenoxy) is 3. The van der Waals surface area contributed by atoms with Gasteiger partial charge in [-0.25, -0.2) is 4.79 Å². The van der Waals surface area contributed by atoms with Gasteiger partial charge in [-0.1, -0.05) is 66.7 Å². The lowest BCUT2D eigenvalue weighted by atomic mass is 9.84. The van der Waals surface area contributed by atoms with E-state index in [0.29, 0.717) is 36.4 Å². The smallest absolute Gasteiger partial charge is 0.408 e. The predicted octanol–water partition coefficient (Wildman–Crippen LogP) is 5.04. The van der Waals surface area contributed by atoms with E-state index in [1.165, 1.54) is 0 Å². The lowest BCUT2D eigenvalue weighted by Crippen LogP contribution is -2.56. The van der Waals surface area contributed by atoms with Crippen LogP contribution >= 0.6 is 0 Å². The third kappa shape index (κ3) is 7.85. The number of carbonyl (C=O) groups is 3. The first kappa shape index (κ1) is 31.4. The van der Waals surface area contributed by atoms with E-state index in [0.717, 1.165) is 11.1 Å². The molecule has 4 rings (SSSR count). The van der Waals surface area contributed by atoms with Gasteiger partial charge in [0.1, 0.15) is 29.2 Å². The Kier molecular flexibility index (Phi) is 10.3. The highest BCUT2D eigenvalue weighted by Crippen LogP contribution is 2.32. The molecule has 0 spiro atoms. The third-order valence-electron chi connectivity index (χ3n) is 7.40. The van der Waals surface area contributed by atoms with E-state index in [9.17, 15) is 14.4 Å². The van der Waals surface area contributed by atoms with Crippen LogP contribution in [0.25, 0.3) is 0 Å². The van der Waals surface area contributed by atoms with Gasteiger partial charge in [-0.15, -0.1) is 0 Å². The second kappa shape index (κ2) is 14.1. The molecule has 0 radical (unpaired) electrons. The second-order valence-electron chi connectivity index (χ2n) is 11.5. The van der Waals surface area contributed by atoms with Gasteiger partial charge in [0.2, 0.25) is 11.8 Å². The molecule has 1 aliphatic heterocycles. The molecule has 1 aliphatic rings. The van der Waals surface area contributed by atoms with Gasteiger partial charge in [-0.05, 0) is 56.9 Å². The summed E-state index contributed by atoms with van der Waals surface area (Å²) in [5.74, 6) is 0.0230. The van der Waals surface area contributed by atoms with Crippen LogP contribution in [0.15, 0.2) is 78.9 Å². The van der Waals surface area contributed by atoms with Crippen LogP contribution in [-0.4, -0.2) is 61.3 Å². The molecule has 3 amide bonds. The quantitative estimate of drug-likeness (QED) is 0.345. The molecule has 3 aromatic carbocycles. The van der Waals surface area contributed by atoms with Crippen molar-refractivity contribution in [2.45, 2.75) is 63.8 Å². The van der Waals surface area contributed by atoms with Gasteiger partial charge in [0.05, 0.1) is 26.3 Å². The molecule has 2 atom stereocenters. The maximum Gasteiger partial charge on any atom is 0.408 e. The van der Waals surface area contributed by atoms with Crippen LogP contribution < -0.4 is 20.1 Å². The van der Waals surface area contributed by atoms with Crippen LogP contribution in [-0.2, 0) is 20.9 Å². The summed E-state index contributed by atoms with van der Waals surface area (Å²) in [5, 5.41) is 5.85. The number of hydrogen-bond acceptors (Lipinski definition) is 6. The van der Waals surface area contributed by atoms with Crippen molar-refractivity contribution < 1.29 is 28.6 Å². The van der Waals surface area contributed by atoms with E-state index in [1.54, 1.807) is 52.0 Å². The van der Waals surface area contributed by atoms with Crippen LogP contribution in [0.2, 0.25) is 0 Å². The molecule has 3 aromatic rings. The molecule has 0 aromatic heterocycles. The number of amides is 3. The summed E-state index contributed by atoms with van der Waals surface area (Å²) in [4.78, 5) is 42.8. The van der Waals surface area contributed by atoms with Crippen LogP contribution in [0.4, 0.5) is 4.79 Å². The van der Waals surface area contributed by atoms with Crippen LogP contribution in [0.1, 0.15) is 56.2 Å². The second-order valence-corrected chi connectivity index (χ2v) is 11.5. The molecule has 1 heterocycles. The fraction of sp³-hybridized carbons (Fsp3) is 0.382. The Balaban J connectivity index is 1.64. The van der Waals surface area contributed by atoms with Crippen LogP contribution in [0.3, 0.4) is 0 Å². The number of rotatable bonds is 10. The molecule has 228 valence electrons. The number of likely N-dealkylation sites (tertiary alicyclic amines) is 1. The van der Waals surface area contributed by atoms with E-state index >= 15 is 0 Å². The zero-order valence-corrected chi connectivity index (χ0v) is 25.5. The third-order valence-corrected chi connectivity index (χ3v) is 7.40. The van der Waals surface area contributed by atoms with Gasteiger partial charge in [0, 0.05) is 12.5 Å². The van der Waals surface area contributed by atoms with E-state index in [1.807, 2.05) is 66.7 Å². The van der Waals surface area contributed by atoms with Crippen molar-refractivity contribution in [1.29, 1.82) is 0 Å². The Morgan fingerprint density at radius 3 is 1.93 bits per heavy atom. The summed E-state index contributed by atoms with van der Waals surface area (Å²) in [6.07, 6.45) is 0.454. The summed E-state index contributed by atoms with van der Waals surface area (Å²) < 4.78 is 16.5. The van der Waals surface area contributed by atoms with Gasteiger partial charge >= 0.3 is 6.09 Å². The average Bonchev–Trinajstić information content (AvgIpc) is 3.49. The molecule has 0 bridgehead atoms. The Bertz CT molecular complexity index is 1330. The molecule has 1 saturated heterocycles. The van der Waals surface area contributed by atoms with Gasteiger partial charge in [0.15, 0.2) is 0 Å². The van der Waals surface area contributed by atoms with Crippen LogP contribution in [0.5, 0.6) is 11.5 Å². The molecule has 2 N–H and O–H groups in total. The summed E-state index contributed by atoms with van der Waals surface area (Å²) in [6, 6.07) is 22.8. The molecule has 9 heteroatoms. The molecule has 9 nitrogen and oxygen atoms in total. The lowest BCUT2D eigenvalue weighted by molar-refractivity contribution is -0.140. The molecule has 43 heavy (non-hydrogen) atoms. The van der Waals surface area contributed by atoms with Gasteiger partial charge in [-0.3, -0.25) is 9.59 Å². The highest BCUT2D eigenvalue weighted by atomic mass is 16.6. The SMILES string of the molecule is COc1cccc(OC)c1CNC(=O)[C@@H]1CCCN1C(=O)[C@H](NC(=O)OC(C)(C)C)C(c1ccccc1)c1ccccc1. The predicted molar refractivity (Wildman–Crippen MR) is 164 cm³/mol. The number of carbonyl (C=O) groups excluding carboxylic acids is 3. The summed E-state index contributed by atoms with van der Waals surface area (Å²) in [6.45, 7) is 5.87. The van der Waals surface area contributed by atoms with Crippen molar-refractivity contribution in [2.24, 2.45) is 0 Å². The largest absolute Gasteiger partial charge is 0.496 e. The van der Waals surface area contributed by atoms with Gasteiger partial charge in [-0.2, -0.15) is 0 Å². The molecule has 0 saturated carbocycles. The first-order chi connectivity index (χ1) is 20.6. The summed E-state index contributed by atoms with van der Waals surface area (Å²) >= 11 is 0. The minimum atomic E-state index is -1.03. The van der Waals surface area contributed by atoms with Crippen molar-refractivity contribution in [2.75, 3.05) is 20.8 Å². The Morgan fingerprint density at radius 1 is 0.860 bits per heavy atom. The number of hydrogen-bond donors (Lipinski definition) is 2. The monoisotopic (exact) mass is 587 g/mol. The number of alkyl carbamates (subject to hydrolysis) is 1. The highest BCUT2D eigenvalue weighted by Gasteiger charge is 2.42. The molecular formula is C34H41N3O6. The molecule has 1 fully saturated rings. The maximum absolute atomic E-state index is 14.5. The molecular weight excluding hydrogens is 546 g/mol. The Morgan fingerprint density at radius 2 is 1.42 bits per heavy atom.